The molecule has 4 nitrogen and oxygen atoms in total. The predicted molar refractivity (Wildman–Crippen MR) is 70.6 cm³/mol. The highest BCUT2D eigenvalue weighted by molar-refractivity contribution is 5.81. The van der Waals surface area contributed by atoms with E-state index in [0.29, 0.717) is 12.8 Å². The minimum Gasteiger partial charge on any atom is -0.481 e. The first kappa shape index (κ1) is 16.9. The van der Waals surface area contributed by atoms with Crippen LogP contribution in [0.5, 0.6) is 0 Å². The molecule has 0 saturated carbocycles. The van der Waals surface area contributed by atoms with Crippen LogP contribution in [-0.2, 0) is 9.59 Å². The lowest BCUT2D eigenvalue weighted by molar-refractivity contribution is -0.156. The second kappa shape index (κ2) is 8.95. The Morgan fingerprint density at radius 2 is 1.50 bits per heavy atom. The largest absolute Gasteiger partial charge is 0.481 e. The van der Waals surface area contributed by atoms with Crippen molar-refractivity contribution in [3.05, 3.63) is 0 Å². The topological polar surface area (TPSA) is 74.6 Å². The Labute approximate surface area is 109 Å². The molecule has 2 N–H and O–H groups in total. The molecule has 1 atom stereocenters. The van der Waals surface area contributed by atoms with Gasteiger partial charge in [0.2, 0.25) is 0 Å². The molecular weight excluding hydrogens is 232 g/mol. The second-order valence-electron chi connectivity index (χ2n) is 5.03. The third-order valence-electron chi connectivity index (χ3n) is 3.63. The van der Waals surface area contributed by atoms with E-state index in [9.17, 15) is 14.7 Å². The van der Waals surface area contributed by atoms with Gasteiger partial charge in [0, 0.05) is 0 Å². The van der Waals surface area contributed by atoms with Crippen molar-refractivity contribution in [2.45, 2.75) is 71.6 Å². The molecule has 0 heterocycles. The maximum Gasteiger partial charge on any atom is 0.310 e. The monoisotopic (exact) mass is 258 g/mol. The van der Waals surface area contributed by atoms with E-state index in [-0.39, 0.29) is 6.42 Å². The molecular formula is C14H26O4. The molecule has 0 aromatic carbocycles. The number of unbranched alkanes of at least 4 members (excludes halogenated alkanes) is 5. The van der Waals surface area contributed by atoms with Crippen molar-refractivity contribution in [3.8, 4) is 0 Å². The van der Waals surface area contributed by atoms with Gasteiger partial charge in [-0.3, -0.25) is 9.59 Å². The average molecular weight is 258 g/mol. The molecule has 0 aromatic rings. The molecule has 0 fully saturated rings. The highest BCUT2D eigenvalue weighted by atomic mass is 16.4. The molecule has 106 valence electrons. The maximum absolute atomic E-state index is 11.3. The van der Waals surface area contributed by atoms with Crippen LogP contribution in [0.15, 0.2) is 0 Å². The van der Waals surface area contributed by atoms with Crippen LogP contribution in [0, 0.1) is 5.41 Å². The van der Waals surface area contributed by atoms with Crippen molar-refractivity contribution >= 4 is 11.9 Å². The summed E-state index contributed by atoms with van der Waals surface area (Å²) in [5.41, 5.74) is -1.07. The lowest BCUT2D eigenvalue weighted by atomic mass is 9.77. The van der Waals surface area contributed by atoms with Gasteiger partial charge >= 0.3 is 11.9 Å². The van der Waals surface area contributed by atoms with Crippen molar-refractivity contribution in [2.24, 2.45) is 5.41 Å². The van der Waals surface area contributed by atoms with E-state index in [2.05, 4.69) is 6.92 Å². The number of rotatable bonds is 11. The van der Waals surface area contributed by atoms with Gasteiger partial charge in [-0.05, 0) is 12.8 Å². The summed E-state index contributed by atoms with van der Waals surface area (Å²) in [5, 5.41) is 18.1. The highest BCUT2D eigenvalue weighted by Gasteiger charge is 2.38. The van der Waals surface area contributed by atoms with E-state index >= 15 is 0 Å². The van der Waals surface area contributed by atoms with Gasteiger partial charge in [0.15, 0.2) is 0 Å². The number of carboxylic acid groups (broad SMARTS) is 2. The Hall–Kier alpha value is -1.06. The number of aliphatic carboxylic acids is 2. The van der Waals surface area contributed by atoms with Crippen LogP contribution in [-0.4, -0.2) is 22.2 Å². The average Bonchev–Trinajstić information content (AvgIpc) is 2.31. The minimum absolute atomic E-state index is 0.270. The first-order chi connectivity index (χ1) is 8.48. The Kier molecular flexibility index (Phi) is 8.42. The number of hydrogen-bond acceptors (Lipinski definition) is 2. The Bertz CT molecular complexity index is 263. The fourth-order valence-corrected chi connectivity index (χ4v) is 2.26. The normalized spacial score (nSPS) is 14.1. The van der Waals surface area contributed by atoms with Crippen LogP contribution >= 0.6 is 0 Å². The smallest absolute Gasteiger partial charge is 0.310 e. The van der Waals surface area contributed by atoms with Gasteiger partial charge in [0.05, 0.1) is 11.8 Å². The highest BCUT2D eigenvalue weighted by Crippen LogP contribution is 2.33. The number of hydrogen-bond donors (Lipinski definition) is 2. The van der Waals surface area contributed by atoms with E-state index < -0.39 is 17.4 Å². The van der Waals surface area contributed by atoms with E-state index in [1.54, 1.807) is 6.92 Å². The zero-order valence-electron chi connectivity index (χ0n) is 11.6. The van der Waals surface area contributed by atoms with Crippen molar-refractivity contribution in [1.82, 2.24) is 0 Å². The minimum atomic E-state index is -1.07. The van der Waals surface area contributed by atoms with E-state index in [1.807, 2.05) is 0 Å². The molecule has 0 aliphatic rings. The number of carbonyl (C=O) groups is 2. The summed E-state index contributed by atoms with van der Waals surface area (Å²) in [6.45, 7) is 3.91. The quantitative estimate of drug-likeness (QED) is 0.554. The zero-order chi connectivity index (χ0) is 14.0. The van der Waals surface area contributed by atoms with Crippen molar-refractivity contribution in [2.75, 3.05) is 0 Å². The van der Waals surface area contributed by atoms with Crippen LogP contribution in [0.4, 0.5) is 0 Å². The molecule has 4 heteroatoms. The molecule has 0 rings (SSSR count). The van der Waals surface area contributed by atoms with Gasteiger partial charge in [0.1, 0.15) is 0 Å². The van der Waals surface area contributed by atoms with Crippen LogP contribution in [0.3, 0.4) is 0 Å². The SMILES string of the molecule is CCCCCCCCC(CC)(CC(=O)O)C(=O)O. The van der Waals surface area contributed by atoms with Gasteiger partial charge in [-0.25, -0.2) is 0 Å². The van der Waals surface area contributed by atoms with Gasteiger partial charge in [-0.15, -0.1) is 0 Å². The fourth-order valence-electron chi connectivity index (χ4n) is 2.26. The van der Waals surface area contributed by atoms with Crippen LogP contribution < -0.4 is 0 Å². The Morgan fingerprint density at radius 1 is 0.944 bits per heavy atom. The lowest BCUT2D eigenvalue weighted by Crippen LogP contribution is -2.33. The molecule has 0 aliphatic carbocycles. The van der Waals surface area contributed by atoms with Crippen LogP contribution in [0.1, 0.15) is 71.6 Å². The molecule has 0 aliphatic heterocycles. The third-order valence-corrected chi connectivity index (χ3v) is 3.63. The maximum atomic E-state index is 11.3. The van der Waals surface area contributed by atoms with E-state index in [1.165, 1.54) is 19.3 Å². The molecule has 0 aromatic heterocycles. The summed E-state index contributed by atoms with van der Waals surface area (Å²) >= 11 is 0. The molecule has 0 amide bonds. The van der Waals surface area contributed by atoms with Gasteiger partial charge < -0.3 is 10.2 Å². The molecule has 1 unspecified atom stereocenters. The van der Waals surface area contributed by atoms with Crippen LogP contribution in [0.2, 0.25) is 0 Å². The van der Waals surface area contributed by atoms with Gasteiger partial charge in [-0.1, -0.05) is 52.4 Å². The predicted octanol–water partition coefficient (Wildman–Crippen LogP) is 3.69. The van der Waals surface area contributed by atoms with Gasteiger partial charge in [-0.2, -0.15) is 0 Å². The molecule has 0 radical (unpaired) electrons. The summed E-state index contributed by atoms with van der Waals surface area (Å²) in [6, 6.07) is 0. The van der Waals surface area contributed by atoms with E-state index in [4.69, 9.17) is 5.11 Å². The van der Waals surface area contributed by atoms with Crippen molar-refractivity contribution in [1.29, 1.82) is 0 Å². The Morgan fingerprint density at radius 3 is 1.94 bits per heavy atom. The molecule has 0 bridgehead atoms. The molecule has 18 heavy (non-hydrogen) atoms. The van der Waals surface area contributed by atoms with Crippen molar-refractivity contribution in [3.63, 3.8) is 0 Å². The molecule has 0 saturated heterocycles. The van der Waals surface area contributed by atoms with E-state index in [0.717, 1.165) is 19.3 Å². The van der Waals surface area contributed by atoms with Gasteiger partial charge in [0.25, 0.3) is 0 Å². The summed E-state index contributed by atoms with van der Waals surface area (Å²) in [5.74, 6) is -1.99. The summed E-state index contributed by atoms with van der Waals surface area (Å²) in [4.78, 5) is 22.1. The second-order valence-corrected chi connectivity index (χ2v) is 5.03. The first-order valence-electron chi connectivity index (χ1n) is 6.93. The lowest BCUT2D eigenvalue weighted by Gasteiger charge is -2.26. The standard InChI is InChI=1S/C14H26O4/c1-3-5-6-7-8-9-10-14(4-2,13(17)18)11-12(15)16/h3-11H2,1-2H3,(H,15,16)(H,17,18). The third kappa shape index (κ3) is 6.03. The first-order valence-corrected chi connectivity index (χ1v) is 6.93. The summed E-state index contributed by atoms with van der Waals surface area (Å²) < 4.78 is 0. The Balaban J connectivity index is 4.17. The fraction of sp³-hybridized carbons (Fsp3) is 0.857. The van der Waals surface area contributed by atoms with Crippen LogP contribution in [0.25, 0.3) is 0 Å². The number of carboxylic acids is 2. The summed E-state index contributed by atoms with van der Waals surface area (Å²) in [6.07, 6.45) is 7.07. The molecule has 0 spiro atoms. The van der Waals surface area contributed by atoms with Crippen molar-refractivity contribution < 1.29 is 19.8 Å². The summed E-state index contributed by atoms with van der Waals surface area (Å²) in [7, 11) is 0. The zero-order valence-corrected chi connectivity index (χ0v) is 11.6.